The fraction of sp³-hybridized carbons (Fsp3) is 0.846. The lowest BCUT2D eigenvalue weighted by Crippen LogP contribution is -2.47. The highest BCUT2D eigenvalue weighted by molar-refractivity contribution is 5.77. The molecule has 0 bridgehead atoms. The Morgan fingerprint density at radius 1 is 1.28 bits per heavy atom. The van der Waals surface area contributed by atoms with Gasteiger partial charge in [-0.3, -0.25) is 9.59 Å². The smallest absolute Gasteiger partial charge is 0.309 e. The summed E-state index contributed by atoms with van der Waals surface area (Å²) in [5, 5.41) is 3.17. The molecule has 2 fully saturated rings. The summed E-state index contributed by atoms with van der Waals surface area (Å²) in [6, 6.07) is 0. The Hall–Kier alpha value is -1.10. The van der Waals surface area contributed by atoms with E-state index in [4.69, 9.17) is 4.74 Å². The van der Waals surface area contributed by atoms with E-state index in [1.807, 2.05) is 11.8 Å². The van der Waals surface area contributed by atoms with Crippen LogP contribution in [0.2, 0.25) is 0 Å². The highest BCUT2D eigenvalue weighted by atomic mass is 16.5. The first-order valence-electron chi connectivity index (χ1n) is 6.85. The molecule has 2 heterocycles. The van der Waals surface area contributed by atoms with Crippen molar-refractivity contribution < 1.29 is 14.3 Å². The van der Waals surface area contributed by atoms with Gasteiger partial charge in [-0.1, -0.05) is 0 Å². The lowest BCUT2D eigenvalue weighted by atomic mass is 9.94. The first-order valence-corrected chi connectivity index (χ1v) is 6.85. The molecule has 0 aromatic heterocycles. The Labute approximate surface area is 108 Å². The predicted molar refractivity (Wildman–Crippen MR) is 66.9 cm³/mol. The Balaban J connectivity index is 1.71. The summed E-state index contributed by atoms with van der Waals surface area (Å²) >= 11 is 0. The minimum absolute atomic E-state index is 0.0145. The lowest BCUT2D eigenvalue weighted by molar-refractivity contribution is -0.151. The van der Waals surface area contributed by atoms with Gasteiger partial charge in [-0.15, -0.1) is 0 Å². The molecule has 1 N–H and O–H groups in total. The van der Waals surface area contributed by atoms with Gasteiger partial charge in [0.05, 0.1) is 12.5 Å². The van der Waals surface area contributed by atoms with Crippen molar-refractivity contribution in [1.82, 2.24) is 10.2 Å². The average Bonchev–Trinajstić information content (AvgIpc) is 2.34. The van der Waals surface area contributed by atoms with Crippen LogP contribution in [0.5, 0.6) is 0 Å². The van der Waals surface area contributed by atoms with Crippen molar-refractivity contribution in [2.45, 2.75) is 26.2 Å². The third kappa shape index (κ3) is 3.22. The van der Waals surface area contributed by atoms with Crippen LogP contribution in [0.3, 0.4) is 0 Å². The van der Waals surface area contributed by atoms with E-state index in [2.05, 4.69) is 5.32 Å². The SMILES string of the molecule is CCOC(=O)C1CCN(C(=O)CC2CNC2)CC1. The van der Waals surface area contributed by atoms with Crippen LogP contribution in [0.25, 0.3) is 0 Å². The highest BCUT2D eigenvalue weighted by Gasteiger charge is 2.29. The fourth-order valence-corrected chi connectivity index (χ4v) is 2.49. The summed E-state index contributed by atoms with van der Waals surface area (Å²) in [6.45, 7) is 5.58. The summed E-state index contributed by atoms with van der Waals surface area (Å²) in [5.74, 6) is 0.635. The number of ether oxygens (including phenoxy) is 1. The number of likely N-dealkylation sites (tertiary alicyclic amines) is 1. The van der Waals surface area contributed by atoms with Gasteiger partial charge in [0.15, 0.2) is 0 Å². The molecule has 0 saturated carbocycles. The molecule has 2 saturated heterocycles. The summed E-state index contributed by atoms with van der Waals surface area (Å²) in [4.78, 5) is 25.5. The first kappa shape index (κ1) is 13.3. The van der Waals surface area contributed by atoms with Gasteiger partial charge in [0.25, 0.3) is 0 Å². The number of nitrogens with one attached hydrogen (secondary N) is 1. The van der Waals surface area contributed by atoms with Crippen LogP contribution in [0.4, 0.5) is 0 Å². The molecule has 1 amide bonds. The zero-order valence-corrected chi connectivity index (χ0v) is 11.0. The molecule has 0 aliphatic carbocycles. The van der Waals surface area contributed by atoms with Crippen molar-refractivity contribution >= 4 is 11.9 Å². The van der Waals surface area contributed by atoms with Gasteiger partial charge in [-0.25, -0.2) is 0 Å². The lowest BCUT2D eigenvalue weighted by Gasteiger charge is -2.33. The molecule has 102 valence electrons. The van der Waals surface area contributed by atoms with Crippen LogP contribution >= 0.6 is 0 Å². The van der Waals surface area contributed by atoms with E-state index in [0.29, 0.717) is 32.0 Å². The molecule has 0 unspecified atom stereocenters. The maximum atomic E-state index is 12.0. The van der Waals surface area contributed by atoms with Crippen LogP contribution in [0.15, 0.2) is 0 Å². The molecule has 0 spiro atoms. The second-order valence-electron chi connectivity index (χ2n) is 5.14. The van der Waals surface area contributed by atoms with E-state index in [1.54, 1.807) is 0 Å². The van der Waals surface area contributed by atoms with Crippen molar-refractivity contribution in [3.05, 3.63) is 0 Å². The normalized spacial score (nSPS) is 21.5. The molecule has 5 nitrogen and oxygen atoms in total. The number of esters is 1. The summed E-state index contributed by atoms with van der Waals surface area (Å²) < 4.78 is 5.02. The van der Waals surface area contributed by atoms with E-state index in [-0.39, 0.29) is 17.8 Å². The summed E-state index contributed by atoms with van der Waals surface area (Å²) in [5.41, 5.74) is 0. The van der Waals surface area contributed by atoms with Crippen LogP contribution in [0.1, 0.15) is 26.2 Å². The van der Waals surface area contributed by atoms with E-state index in [9.17, 15) is 9.59 Å². The standard InChI is InChI=1S/C13H22N2O3/c1-2-18-13(17)11-3-5-15(6-4-11)12(16)7-10-8-14-9-10/h10-11,14H,2-9H2,1H3. The topological polar surface area (TPSA) is 58.6 Å². The number of rotatable bonds is 4. The molecule has 2 aliphatic heterocycles. The number of amides is 1. The molecular weight excluding hydrogens is 232 g/mol. The third-order valence-electron chi connectivity index (χ3n) is 3.80. The maximum Gasteiger partial charge on any atom is 0.309 e. The molecule has 5 heteroatoms. The Bertz CT molecular complexity index is 307. The van der Waals surface area contributed by atoms with Crippen molar-refractivity contribution in [2.24, 2.45) is 11.8 Å². The zero-order chi connectivity index (χ0) is 13.0. The van der Waals surface area contributed by atoms with Crippen LogP contribution in [-0.2, 0) is 14.3 Å². The Morgan fingerprint density at radius 3 is 2.44 bits per heavy atom. The van der Waals surface area contributed by atoms with Crippen LogP contribution in [0, 0.1) is 11.8 Å². The number of carbonyl (C=O) groups is 2. The van der Waals surface area contributed by atoms with Gasteiger partial charge in [0.1, 0.15) is 0 Å². The monoisotopic (exact) mass is 254 g/mol. The van der Waals surface area contributed by atoms with Gasteiger partial charge in [0.2, 0.25) is 5.91 Å². The van der Waals surface area contributed by atoms with Crippen molar-refractivity contribution in [3.63, 3.8) is 0 Å². The number of piperidine rings is 1. The predicted octanol–water partition coefficient (Wildman–Crippen LogP) is 0.398. The molecule has 0 radical (unpaired) electrons. The van der Waals surface area contributed by atoms with E-state index in [0.717, 1.165) is 25.9 Å². The van der Waals surface area contributed by atoms with Gasteiger partial charge in [-0.2, -0.15) is 0 Å². The second kappa shape index (κ2) is 6.18. The first-order chi connectivity index (χ1) is 8.70. The van der Waals surface area contributed by atoms with Gasteiger partial charge < -0.3 is 15.0 Å². The average molecular weight is 254 g/mol. The van der Waals surface area contributed by atoms with Gasteiger partial charge in [-0.05, 0) is 38.8 Å². The molecule has 2 aliphatic rings. The fourth-order valence-electron chi connectivity index (χ4n) is 2.49. The van der Waals surface area contributed by atoms with Crippen molar-refractivity contribution in [1.29, 1.82) is 0 Å². The van der Waals surface area contributed by atoms with E-state index in [1.165, 1.54) is 0 Å². The minimum atomic E-state index is -0.104. The number of nitrogens with zero attached hydrogens (tertiary/aromatic N) is 1. The quantitative estimate of drug-likeness (QED) is 0.738. The number of hydrogen-bond acceptors (Lipinski definition) is 4. The van der Waals surface area contributed by atoms with E-state index >= 15 is 0 Å². The Kier molecular flexibility index (Phi) is 4.58. The van der Waals surface area contributed by atoms with E-state index < -0.39 is 0 Å². The van der Waals surface area contributed by atoms with Crippen molar-refractivity contribution in [2.75, 3.05) is 32.8 Å². The van der Waals surface area contributed by atoms with Gasteiger partial charge >= 0.3 is 5.97 Å². The zero-order valence-electron chi connectivity index (χ0n) is 11.0. The van der Waals surface area contributed by atoms with Crippen LogP contribution < -0.4 is 5.32 Å². The molecule has 2 rings (SSSR count). The molecule has 18 heavy (non-hydrogen) atoms. The summed E-state index contributed by atoms with van der Waals surface area (Å²) in [7, 11) is 0. The second-order valence-corrected chi connectivity index (χ2v) is 5.14. The highest BCUT2D eigenvalue weighted by Crippen LogP contribution is 2.20. The van der Waals surface area contributed by atoms with Crippen molar-refractivity contribution in [3.8, 4) is 0 Å². The van der Waals surface area contributed by atoms with Gasteiger partial charge in [0, 0.05) is 19.5 Å². The molecule has 0 aromatic carbocycles. The van der Waals surface area contributed by atoms with Crippen LogP contribution in [-0.4, -0.2) is 49.6 Å². The Morgan fingerprint density at radius 2 is 1.94 bits per heavy atom. The molecular formula is C13H22N2O3. The summed E-state index contributed by atoms with van der Waals surface area (Å²) in [6.07, 6.45) is 2.14. The minimum Gasteiger partial charge on any atom is -0.466 e. The molecule has 0 aromatic rings. The molecule has 0 atom stereocenters. The number of carbonyl (C=O) groups excluding carboxylic acids is 2. The number of hydrogen-bond donors (Lipinski definition) is 1. The maximum absolute atomic E-state index is 12.0. The largest absolute Gasteiger partial charge is 0.466 e. The third-order valence-corrected chi connectivity index (χ3v) is 3.80.